The van der Waals surface area contributed by atoms with Crippen LogP contribution in [0.2, 0.25) is 0 Å². The molecule has 2 aromatic heterocycles. The average Bonchev–Trinajstić information content (AvgIpc) is 2.80. The number of fused-ring (bicyclic) bond motifs is 1. The van der Waals surface area contributed by atoms with Crippen LogP contribution in [0.5, 0.6) is 0 Å². The normalized spacial score (nSPS) is 18.9. The fourth-order valence-corrected chi connectivity index (χ4v) is 2.40. The minimum Gasteiger partial charge on any atom is -0.333 e. The van der Waals surface area contributed by atoms with Gasteiger partial charge in [0.2, 0.25) is 5.82 Å². The molecule has 20 heavy (non-hydrogen) atoms. The lowest BCUT2D eigenvalue weighted by molar-refractivity contribution is 0.0697. The molecule has 9 heteroatoms. The van der Waals surface area contributed by atoms with E-state index in [0.29, 0.717) is 24.9 Å². The van der Waals surface area contributed by atoms with E-state index in [4.69, 9.17) is 0 Å². The SMILES string of the molecule is CC1CN(C(=O)c2nc3ncc(Br)cn3n2)CCN1.Cl. The molecule has 1 unspecified atom stereocenters. The Hall–Kier alpha value is -1.25. The summed E-state index contributed by atoms with van der Waals surface area (Å²) in [5.41, 5.74) is 0. The second-order valence-corrected chi connectivity index (χ2v) is 5.47. The van der Waals surface area contributed by atoms with Gasteiger partial charge in [-0.15, -0.1) is 17.5 Å². The molecule has 0 aromatic carbocycles. The molecule has 108 valence electrons. The van der Waals surface area contributed by atoms with Gasteiger partial charge in [-0.1, -0.05) is 0 Å². The Balaban J connectivity index is 0.00000147. The van der Waals surface area contributed by atoms with Crippen LogP contribution in [0.25, 0.3) is 5.78 Å². The first-order valence-electron chi connectivity index (χ1n) is 6.04. The van der Waals surface area contributed by atoms with Crippen molar-refractivity contribution in [3.63, 3.8) is 0 Å². The third kappa shape index (κ3) is 2.92. The maximum atomic E-state index is 12.3. The van der Waals surface area contributed by atoms with Crippen LogP contribution in [-0.2, 0) is 0 Å². The lowest BCUT2D eigenvalue weighted by Gasteiger charge is -2.30. The number of halogens is 2. The van der Waals surface area contributed by atoms with Gasteiger partial charge in [-0.3, -0.25) is 4.79 Å². The summed E-state index contributed by atoms with van der Waals surface area (Å²) in [6.45, 7) is 4.20. The van der Waals surface area contributed by atoms with Gasteiger partial charge in [0.1, 0.15) is 0 Å². The second-order valence-electron chi connectivity index (χ2n) is 4.56. The zero-order valence-corrected chi connectivity index (χ0v) is 13.2. The standard InChI is InChI=1S/C11H13BrN6O.ClH/c1-7-5-17(3-2-13-7)10(19)9-15-11-14-4-8(12)6-18(11)16-9;/h4,6-7,13H,2-3,5H2,1H3;1H. The van der Waals surface area contributed by atoms with Crippen molar-refractivity contribution in [3.8, 4) is 0 Å². The van der Waals surface area contributed by atoms with Crippen LogP contribution in [0.3, 0.4) is 0 Å². The summed E-state index contributed by atoms with van der Waals surface area (Å²) in [7, 11) is 0. The van der Waals surface area contributed by atoms with Gasteiger partial charge in [0.15, 0.2) is 0 Å². The number of amides is 1. The van der Waals surface area contributed by atoms with Crippen molar-refractivity contribution in [3.05, 3.63) is 22.7 Å². The maximum Gasteiger partial charge on any atom is 0.293 e. The largest absolute Gasteiger partial charge is 0.333 e. The third-order valence-corrected chi connectivity index (χ3v) is 3.42. The molecular formula is C11H14BrClN6O. The molecule has 0 spiro atoms. The Kier molecular flexibility index (Phi) is 4.56. The first kappa shape index (κ1) is 15.1. The second kappa shape index (κ2) is 6.02. The van der Waals surface area contributed by atoms with E-state index in [1.165, 1.54) is 4.52 Å². The van der Waals surface area contributed by atoms with Crippen LogP contribution in [0.4, 0.5) is 0 Å². The summed E-state index contributed by atoms with van der Waals surface area (Å²) in [6, 6.07) is 0.294. The number of hydrogen-bond donors (Lipinski definition) is 1. The van der Waals surface area contributed by atoms with E-state index in [1.807, 2.05) is 0 Å². The topological polar surface area (TPSA) is 75.4 Å². The highest BCUT2D eigenvalue weighted by Crippen LogP contribution is 2.09. The molecule has 2 aromatic rings. The van der Waals surface area contributed by atoms with Gasteiger partial charge >= 0.3 is 0 Å². The van der Waals surface area contributed by atoms with Gasteiger partial charge < -0.3 is 10.2 Å². The van der Waals surface area contributed by atoms with E-state index in [-0.39, 0.29) is 24.1 Å². The van der Waals surface area contributed by atoms with Crippen molar-refractivity contribution in [2.24, 2.45) is 0 Å². The van der Waals surface area contributed by atoms with Gasteiger partial charge in [-0.2, -0.15) is 4.98 Å². The zero-order valence-electron chi connectivity index (χ0n) is 10.8. The van der Waals surface area contributed by atoms with Crippen molar-refractivity contribution in [1.29, 1.82) is 0 Å². The van der Waals surface area contributed by atoms with Crippen LogP contribution in [0, 0.1) is 0 Å². The molecule has 1 amide bonds. The van der Waals surface area contributed by atoms with Crippen LogP contribution in [-0.4, -0.2) is 56.1 Å². The number of nitrogens with zero attached hydrogens (tertiary/aromatic N) is 5. The summed E-state index contributed by atoms with van der Waals surface area (Å²) >= 11 is 3.31. The number of carbonyl (C=O) groups excluding carboxylic acids is 1. The van der Waals surface area contributed by atoms with Crippen LogP contribution < -0.4 is 5.32 Å². The first-order valence-corrected chi connectivity index (χ1v) is 6.83. The Morgan fingerprint density at radius 3 is 3.10 bits per heavy atom. The number of piperazine rings is 1. The van der Waals surface area contributed by atoms with E-state index in [0.717, 1.165) is 11.0 Å². The van der Waals surface area contributed by atoms with Crippen molar-refractivity contribution < 1.29 is 4.79 Å². The highest BCUT2D eigenvalue weighted by molar-refractivity contribution is 9.10. The van der Waals surface area contributed by atoms with E-state index in [2.05, 4.69) is 43.2 Å². The Morgan fingerprint density at radius 1 is 1.55 bits per heavy atom. The summed E-state index contributed by atoms with van der Waals surface area (Å²) in [5.74, 6) is 0.476. The van der Waals surface area contributed by atoms with Gasteiger partial charge in [-0.25, -0.2) is 9.50 Å². The van der Waals surface area contributed by atoms with E-state index in [1.54, 1.807) is 17.3 Å². The molecule has 0 aliphatic carbocycles. The summed E-state index contributed by atoms with van der Waals surface area (Å²) in [5, 5.41) is 7.47. The molecular weight excluding hydrogens is 348 g/mol. The Bertz CT molecular complexity index is 632. The number of carbonyl (C=O) groups is 1. The number of nitrogens with one attached hydrogen (secondary N) is 1. The maximum absolute atomic E-state index is 12.3. The van der Waals surface area contributed by atoms with Gasteiger partial charge in [0.05, 0.1) is 4.47 Å². The monoisotopic (exact) mass is 360 g/mol. The van der Waals surface area contributed by atoms with Gasteiger partial charge in [0.25, 0.3) is 11.7 Å². The quantitative estimate of drug-likeness (QED) is 0.811. The lowest BCUT2D eigenvalue weighted by Crippen LogP contribution is -2.51. The van der Waals surface area contributed by atoms with Crippen molar-refractivity contribution in [2.75, 3.05) is 19.6 Å². The molecule has 1 aliphatic rings. The molecule has 0 radical (unpaired) electrons. The molecule has 1 N–H and O–H groups in total. The molecule has 3 rings (SSSR count). The van der Waals surface area contributed by atoms with Crippen molar-refractivity contribution in [2.45, 2.75) is 13.0 Å². The summed E-state index contributed by atoms with van der Waals surface area (Å²) < 4.78 is 2.29. The molecule has 0 bridgehead atoms. The van der Waals surface area contributed by atoms with Crippen LogP contribution in [0.1, 0.15) is 17.5 Å². The highest BCUT2D eigenvalue weighted by Gasteiger charge is 2.24. The van der Waals surface area contributed by atoms with Gasteiger partial charge in [-0.05, 0) is 22.9 Å². The number of rotatable bonds is 1. The third-order valence-electron chi connectivity index (χ3n) is 3.01. The zero-order chi connectivity index (χ0) is 13.4. The fourth-order valence-electron chi connectivity index (χ4n) is 2.11. The van der Waals surface area contributed by atoms with Crippen LogP contribution >= 0.6 is 28.3 Å². The van der Waals surface area contributed by atoms with E-state index >= 15 is 0 Å². The molecule has 1 aliphatic heterocycles. The Morgan fingerprint density at radius 2 is 2.35 bits per heavy atom. The molecule has 1 atom stereocenters. The van der Waals surface area contributed by atoms with Gasteiger partial charge in [0, 0.05) is 38.1 Å². The molecule has 0 saturated carbocycles. The van der Waals surface area contributed by atoms with Crippen molar-refractivity contribution in [1.82, 2.24) is 29.8 Å². The minimum absolute atomic E-state index is 0. The van der Waals surface area contributed by atoms with Crippen LogP contribution in [0.15, 0.2) is 16.9 Å². The first-order chi connectivity index (χ1) is 9.13. The average molecular weight is 362 g/mol. The van der Waals surface area contributed by atoms with Crippen molar-refractivity contribution >= 4 is 40.0 Å². The minimum atomic E-state index is -0.144. The predicted octanol–water partition coefficient (Wildman–Crippen LogP) is 0.742. The van der Waals surface area contributed by atoms with E-state index in [9.17, 15) is 4.79 Å². The highest BCUT2D eigenvalue weighted by atomic mass is 79.9. The smallest absolute Gasteiger partial charge is 0.293 e. The Labute approximate surface area is 130 Å². The lowest BCUT2D eigenvalue weighted by atomic mass is 10.2. The molecule has 1 saturated heterocycles. The predicted molar refractivity (Wildman–Crippen MR) is 79.1 cm³/mol. The molecule has 1 fully saturated rings. The molecule has 3 heterocycles. The number of aromatic nitrogens is 4. The summed E-state index contributed by atoms with van der Waals surface area (Å²) in [6.07, 6.45) is 3.36. The van der Waals surface area contributed by atoms with E-state index < -0.39 is 0 Å². The number of hydrogen-bond acceptors (Lipinski definition) is 5. The molecule has 7 nitrogen and oxygen atoms in total. The summed E-state index contributed by atoms with van der Waals surface area (Å²) in [4.78, 5) is 22.4. The fraction of sp³-hybridized carbons (Fsp3) is 0.455.